The van der Waals surface area contributed by atoms with Crippen molar-refractivity contribution in [3.63, 3.8) is 0 Å². The summed E-state index contributed by atoms with van der Waals surface area (Å²) in [7, 11) is 1.51. The summed E-state index contributed by atoms with van der Waals surface area (Å²) in [5.74, 6) is 0.192. The summed E-state index contributed by atoms with van der Waals surface area (Å²) in [6.45, 7) is 3.26. The second kappa shape index (κ2) is 4.87. The first-order valence-corrected chi connectivity index (χ1v) is 5.74. The van der Waals surface area contributed by atoms with E-state index < -0.39 is 0 Å². The fourth-order valence-corrected chi connectivity index (χ4v) is 2.12. The molecule has 94 valence electrons. The van der Waals surface area contributed by atoms with Crippen LogP contribution in [0.2, 0.25) is 0 Å². The molecule has 2 rings (SSSR count). The quantitative estimate of drug-likeness (QED) is 0.849. The summed E-state index contributed by atoms with van der Waals surface area (Å²) < 4.78 is 18.7. The second-order valence-corrected chi connectivity index (χ2v) is 4.46. The molecule has 0 aromatic carbocycles. The second-order valence-electron chi connectivity index (χ2n) is 4.46. The third-order valence-corrected chi connectivity index (χ3v) is 3.22. The van der Waals surface area contributed by atoms with Crippen molar-refractivity contribution in [2.75, 3.05) is 25.1 Å². The van der Waals surface area contributed by atoms with Crippen LogP contribution in [0.3, 0.4) is 0 Å². The van der Waals surface area contributed by atoms with Gasteiger partial charge in [-0.3, -0.25) is 0 Å². The predicted octanol–water partition coefficient (Wildman–Crippen LogP) is 1.44. The number of anilines is 1. The summed E-state index contributed by atoms with van der Waals surface area (Å²) in [6.07, 6.45) is 1.54. The molecule has 2 heterocycles. The fraction of sp³-hybridized carbons (Fsp3) is 0.583. The van der Waals surface area contributed by atoms with Gasteiger partial charge in [-0.2, -0.15) is 0 Å². The van der Waals surface area contributed by atoms with E-state index >= 15 is 0 Å². The molecule has 1 fully saturated rings. The van der Waals surface area contributed by atoms with Crippen LogP contribution >= 0.6 is 0 Å². The van der Waals surface area contributed by atoms with Crippen LogP contribution in [0, 0.1) is 11.7 Å². The fourth-order valence-electron chi connectivity index (χ4n) is 2.12. The number of halogens is 1. The molecular formula is C12H17FN2O2. The zero-order valence-electron chi connectivity index (χ0n) is 10.1. The van der Waals surface area contributed by atoms with Crippen molar-refractivity contribution in [2.24, 2.45) is 5.92 Å². The molecule has 0 spiro atoms. The molecule has 1 aromatic rings. The average Bonchev–Trinajstić information content (AvgIpc) is 2.33. The largest absolute Gasteiger partial charge is 0.481 e. The van der Waals surface area contributed by atoms with Crippen LogP contribution in [0.25, 0.3) is 0 Å². The maximum atomic E-state index is 13.7. The number of rotatable bonds is 2. The van der Waals surface area contributed by atoms with E-state index in [0.717, 1.165) is 0 Å². The van der Waals surface area contributed by atoms with Gasteiger partial charge in [0.1, 0.15) is 0 Å². The lowest BCUT2D eigenvalue weighted by atomic mass is 9.96. The molecule has 2 unspecified atom stereocenters. The van der Waals surface area contributed by atoms with E-state index in [4.69, 9.17) is 4.74 Å². The molecule has 1 saturated heterocycles. The van der Waals surface area contributed by atoms with Crippen LogP contribution in [-0.2, 0) is 0 Å². The van der Waals surface area contributed by atoms with Gasteiger partial charge in [-0.25, -0.2) is 9.37 Å². The molecule has 0 aliphatic carbocycles. The summed E-state index contributed by atoms with van der Waals surface area (Å²) in [6, 6.07) is 1.60. The van der Waals surface area contributed by atoms with Crippen molar-refractivity contribution < 1.29 is 14.2 Å². The number of ether oxygens (including phenoxy) is 1. The Labute approximate surface area is 100 Å². The van der Waals surface area contributed by atoms with Gasteiger partial charge in [0, 0.05) is 19.2 Å². The highest BCUT2D eigenvalue weighted by molar-refractivity contribution is 5.50. The number of piperidine rings is 1. The molecule has 0 amide bonds. The van der Waals surface area contributed by atoms with Gasteiger partial charge in [-0.15, -0.1) is 0 Å². The van der Waals surface area contributed by atoms with Crippen LogP contribution in [0.5, 0.6) is 5.88 Å². The Morgan fingerprint density at radius 1 is 1.59 bits per heavy atom. The first-order chi connectivity index (χ1) is 8.11. The summed E-state index contributed by atoms with van der Waals surface area (Å²) in [5, 5.41) is 9.65. The van der Waals surface area contributed by atoms with Gasteiger partial charge >= 0.3 is 0 Å². The minimum atomic E-state index is -0.352. The molecule has 0 saturated carbocycles. The van der Waals surface area contributed by atoms with Crippen molar-refractivity contribution in [1.82, 2.24) is 4.98 Å². The normalized spacial score (nSPS) is 24.8. The van der Waals surface area contributed by atoms with Crippen LogP contribution in [0.15, 0.2) is 12.3 Å². The van der Waals surface area contributed by atoms with E-state index in [1.54, 1.807) is 6.07 Å². The molecule has 5 heteroatoms. The molecule has 17 heavy (non-hydrogen) atoms. The summed E-state index contributed by atoms with van der Waals surface area (Å²) >= 11 is 0. The van der Waals surface area contributed by atoms with Gasteiger partial charge < -0.3 is 14.7 Å². The van der Waals surface area contributed by atoms with Gasteiger partial charge in [0.2, 0.25) is 5.88 Å². The number of aliphatic hydroxyl groups excluding tert-OH is 1. The molecule has 2 atom stereocenters. The number of aromatic nitrogens is 1. The third kappa shape index (κ3) is 2.49. The van der Waals surface area contributed by atoms with E-state index in [-0.39, 0.29) is 17.8 Å². The lowest BCUT2D eigenvalue weighted by Crippen LogP contribution is -2.42. The Bertz CT molecular complexity index is 400. The average molecular weight is 240 g/mol. The highest BCUT2D eigenvalue weighted by Gasteiger charge is 2.26. The van der Waals surface area contributed by atoms with E-state index in [0.29, 0.717) is 31.1 Å². The minimum Gasteiger partial charge on any atom is -0.481 e. The van der Waals surface area contributed by atoms with E-state index in [1.807, 2.05) is 11.8 Å². The van der Waals surface area contributed by atoms with Crippen molar-refractivity contribution in [2.45, 2.75) is 19.4 Å². The highest BCUT2D eigenvalue weighted by atomic mass is 19.1. The van der Waals surface area contributed by atoms with Gasteiger partial charge in [0.25, 0.3) is 0 Å². The number of methoxy groups -OCH3 is 1. The van der Waals surface area contributed by atoms with Crippen LogP contribution in [0.1, 0.15) is 13.3 Å². The molecular weight excluding hydrogens is 223 g/mol. The van der Waals surface area contributed by atoms with Gasteiger partial charge in [0.15, 0.2) is 5.82 Å². The highest BCUT2D eigenvalue weighted by Crippen LogP contribution is 2.27. The first-order valence-electron chi connectivity index (χ1n) is 5.74. The Morgan fingerprint density at radius 3 is 3.00 bits per heavy atom. The lowest BCUT2D eigenvalue weighted by Gasteiger charge is -2.36. The minimum absolute atomic E-state index is 0.141. The topological polar surface area (TPSA) is 45.6 Å². The molecule has 1 aliphatic rings. The van der Waals surface area contributed by atoms with Gasteiger partial charge in [-0.05, 0) is 12.3 Å². The maximum Gasteiger partial charge on any atom is 0.215 e. The zero-order chi connectivity index (χ0) is 12.4. The van der Waals surface area contributed by atoms with Crippen LogP contribution < -0.4 is 9.64 Å². The first kappa shape index (κ1) is 12.1. The van der Waals surface area contributed by atoms with Gasteiger partial charge in [-0.1, -0.05) is 6.92 Å². The van der Waals surface area contributed by atoms with Crippen LogP contribution in [-0.4, -0.2) is 36.4 Å². The molecule has 0 radical (unpaired) electrons. The van der Waals surface area contributed by atoms with Gasteiger partial charge in [0.05, 0.1) is 25.1 Å². The third-order valence-electron chi connectivity index (χ3n) is 3.22. The van der Waals surface area contributed by atoms with Crippen molar-refractivity contribution in [3.8, 4) is 5.88 Å². The predicted molar refractivity (Wildman–Crippen MR) is 62.7 cm³/mol. The Morgan fingerprint density at radius 2 is 2.35 bits per heavy atom. The summed E-state index contributed by atoms with van der Waals surface area (Å²) in [5.41, 5.74) is 0.496. The number of aliphatic hydroxyl groups is 1. The molecule has 1 aliphatic heterocycles. The van der Waals surface area contributed by atoms with Crippen molar-refractivity contribution in [1.29, 1.82) is 0 Å². The standard InChI is InChI=1S/C12H17FN2O2/c1-8-7-15(4-3-11(8)16)10-5-12(17-2)14-6-9(10)13/h5-6,8,11,16H,3-4,7H2,1-2H3. The number of hydrogen-bond acceptors (Lipinski definition) is 4. The van der Waals surface area contributed by atoms with Crippen molar-refractivity contribution >= 4 is 5.69 Å². The lowest BCUT2D eigenvalue weighted by molar-refractivity contribution is 0.0969. The maximum absolute atomic E-state index is 13.7. The van der Waals surface area contributed by atoms with E-state index in [9.17, 15) is 9.50 Å². The Hall–Kier alpha value is -1.36. The smallest absolute Gasteiger partial charge is 0.215 e. The van der Waals surface area contributed by atoms with E-state index in [2.05, 4.69) is 4.98 Å². The SMILES string of the molecule is COc1cc(N2CCC(O)C(C)C2)c(F)cn1. The molecule has 1 N–H and O–H groups in total. The number of hydrogen-bond donors (Lipinski definition) is 1. The monoisotopic (exact) mass is 240 g/mol. The summed E-state index contributed by atoms with van der Waals surface area (Å²) in [4.78, 5) is 5.74. The Balaban J connectivity index is 2.21. The number of pyridine rings is 1. The Kier molecular flexibility index (Phi) is 3.47. The zero-order valence-corrected chi connectivity index (χ0v) is 10.1. The molecule has 0 bridgehead atoms. The number of nitrogens with zero attached hydrogens (tertiary/aromatic N) is 2. The molecule has 1 aromatic heterocycles. The molecule has 4 nitrogen and oxygen atoms in total. The van der Waals surface area contributed by atoms with Crippen molar-refractivity contribution in [3.05, 3.63) is 18.1 Å². The van der Waals surface area contributed by atoms with Crippen LogP contribution in [0.4, 0.5) is 10.1 Å². The van der Waals surface area contributed by atoms with E-state index in [1.165, 1.54) is 13.3 Å².